The zero-order valence-corrected chi connectivity index (χ0v) is 13.1. The Kier molecular flexibility index (Phi) is 6.05. The highest BCUT2D eigenvalue weighted by Gasteiger charge is 2.21. The lowest BCUT2D eigenvalue weighted by atomic mass is 10.2. The smallest absolute Gasteiger partial charge is 0.409 e. The van der Waals surface area contributed by atoms with Crippen molar-refractivity contribution in [1.29, 1.82) is 0 Å². The number of thiophene rings is 1. The fourth-order valence-corrected chi connectivity index (χ4v) is 3.06. The molecule has 1 aliphatic rings. The summed E-state index contributed by atoms with van der Waals surface area (Å²) in [6, 6.07) is 2.12. The van der Waals surface area contributed by atoms with Gasteiger partial charge >= 0.3 is 6.09 Å². The summed E-state index contributed by atoms with van der Waals surface area (Å²) in [6.45, 7) is 6.76. The number of nitrogens with two attached hydrogens (primary N) is 1. The van der Waals surface area contributed by atoms with Gasteiger partial charge in [0, 0.05) is 48.5 Å². The van der Waals surface area contributed by atoms with Crippen LogP contribution < -0.4 is 5.73 Å². The van der Waals surface area contributed by atoms with Crippen LogP contribution in [0.15, 0.2) is 11.4 Å². The molecular weight excluding hydrogens is 286 g/mol. The van der Waals surface area contributed by atoms with Gasteiger partial charge in [-0.15, -0.1) is 11.3 Å². The second-order valence-electron chi connectivity index (χ2n) is 4.77. The van der Waals surface area contributed by atoms with Crippen molar-refractivity contribution >= 4 is 17.4 Å². The van der Waals surface area contributed by atoms with E-state index in [0.717, 1.165) is 38.3 Å². The minimum Gasteiger partial charge on any atom is -0.450 e. The predicted molar refractivity (Wildman–Crippen MR) is 84.1 cm³/mol. The molecule has 1 saturated heterocycles. The molecule has 0 aromatic carbocycles. The van der Waals surface area contributed by atoms with Crippen LogP contribution >= 0.6 is 11.3 Å². The molecule has 1 aromatic heterocycles. The normalized spacial score (nSPS) is 15.4. The van der Waals surface area contributed by atoms with Crippen LogP contribution in [0.4, 0.5) is 4.79 Å². The van der Waals surface area contributed by atoms with Gasteiger partial charge in [0.1, 0.15) is 0 Å². The molecule has 5 nitrogen and oxygen atoms in total. The number of rotatable bonds is 3. The van der Waals surface area contributed by atoms with Crippen LogP contribution in [0.1, 0.15) is 17.4 Å². The maximum atomic E-state index is 11.6. The summed E-state index contributed by atoms with van der Waals surface area (Å²) in [7, 11) is 0. The van der Waals surface area contributed by atoms with Gasteiger partial charge in [0.15, 0.2) is 0 Å². The van der Waals surface area contributed by atoms with Gasteiger partial charge < -0.3 is 15.4 Å². The highest BCUT2D eigenvalue weighted by atomic mass is 32.1. The summed E-state index contributed by atoms with van der Waals surface area (Å²) in [6.07, 6.45) is -0.201. The third-order valence-electron chi connectivity index (χ3n) is 3.27. The van der Waals surface area contributed by atoms with Crippen LogP contribution in [0, 0.1) is 11.8 Å². The molecule has 6 heteroatoms. The molecule has 1 fully saturated rings. The summed E-state index contributed by atoms with van der Waals surface area (Å²) in [5, 5.41) is 2.06. The minimum atomic E-state index is -0.201. The Morgan fingerprint density at radius 2 is 2.19 bits per heavy atom. The largest absolute Gasteiger partial charge is 0.450 e. The van der Waals surface area contributed by atoms with E-state index < -0.39 is 0 Å². The number of piperazine rings is 1. The van der Waals surface area contributed by atoms with Crippen LogP contribution in [0.5, 0.6) is 0 Å². The van der Waals surface area contributed by atoms with Crippen molar-refractivity contribution in [3.63, 3.8) is 0 Å². The van der Waals surface area contributed by atoms with Crippen LogP contribution in [0.25, 0.3) is 0 Å². The quantitative estimate of drug-likeness (QED) is 0.856. The Morgan fingerprint density at radius 3 is 2.86 bits per heavy atom. The summed E-state index contributed by atoms with van der Waals surface area (Å²) >= 11 is 1.72. The Morgan fingerprint density at radius 1 is 1.43 bits per heavy atom. The van der Waals surface area contributed by atoms with Crippen LogP contribution in [0.3, 0.4) is 0 Å². The van der Waals surface area contributed by atoms with Crippen LogP contribution in [0.2, 0.25) is 0 Å². The molecule has 1 amide bonds. The summed E-state index contributed by atoms with van der Waals surface area (Å²) < 4.78 is 5.02. The van der Waals surface area contributed by atoms with Gasteiger partial charge in [-0.2, -0.15) is 0 Å². The molecule has 21 heavy (non-hydrogen) atoms. The summed E-state index contributed by atoms with van der Waals surface area (Å²) in [4.78, 5) is 17.0. The molecule has 1 aromatic rings. The Labute approximate surface area is 129 Å². The molecule has 2 rings (SSSR count). The van der Waals surface area contributed by atoms with E-state index in [0.29, 0.717) is 13.2 Å². The van der Waals surface area contributed by atoms with Gasteiger partial charge in [-0.1, -0.05) is 11.8 Å². The second kappa shape index (κ2) is 8.03. The number of amides is 1. The van der Waals surface area contributed by atoms with Crippen molar-refractivity contribution in [3.8, 4) is 11.8 Å². The lowest BCUT2D eigenvalue weighted by Crippen LogP contribution is -2.48. The lowest BCUT2D eigenvalue weighted by molar-refractivity contribution is 0.0781. The number of ether oxygens (including phenoxy) is 1. The second-order valence-corrected chi connectivity index (χ2v) is 5.77. The molecule has 2 heterocycles. The van der Waals surface area contributed by atoms with E-state index in [-0.39, 0.29) is 6.09 Å². The van der Waals surface area contributed by atoms with Crippen molar-refractivity contribution in [3.05, 3.63) is 21.9 Å². The molecule has 0 saturated carbocycles. The van der Waals surface area contributed by atoms with Crippen LogP contribution in [-0.4, -0.2) is 55.2 Å². The molecule has 0 unspecified atom stereocenters. The molecule has 1 aliphatic heterocycles. The Hall–Kier alpha value is -1.55. The number of hydrogen-bond donors (Lipinski definition) is 1. The number of carbonyl (C=O) groups excluding carboxylic acids is 1. The van der Waals surface area contributed by atoms with Crippen molar-refractivity contribution in [1.82, 2.24) is 9.80 Å². The standard InChI is InChI=1S/C15H21N3O2S/c1-2-20-15(19)18-8-6-17(7-9-18)11-14-10-13(12-21-14)4-3-5-16/h10,12H,2,5-9,11,16H2,1H3. The number of hydrogen-bond acceptors (Lipinski definition) is 5. The third-order valence-corrected chi connectivity index (χ3v) is 4.19. The average molecular weight is 307 g/mol. The first-order chi connectivity index (χ1) is 10.2. The van der Waals surface area contributed by atoms with E-state index in [1.54, 1.807) is 16.2 Å². The molecule has 2 N–H and O–H groups in total. The molecule has 0 aliphatic carbocycles. The lowest BCUT2D eigenvalue weighted by Gasteiger charge is -2.33. The highest BCUT2D eigenvalue weighted by Crippen LogP contribution is 2.17. The topological polar surface area (TPSA) is 58.8 Å². The van der Waals surface area contributed by atoms with E-state index in [2.05, 4.69) is 28.2 Å². The SMILES string of the molecule is CCOC(=O)N1CCN(Cc2cc(C#CCN)cs2)CC1. The van der Waals surface area contributed by atoms with E-state index in [1.165, 1.54) is 4.88 Å². The van der Waals surface area contributed by atoms with Crippen molar-refractivity contribution in [2.75, 3.05) is 39.3 Å². The molecule has 0 spiro atoms. The van der Waals surface area contributed by atoms with E-state index >= 15 is 0 Å². The predicted octanol–water partition coefficient (Wildman–Crippen LogP) is 1.33. The highest BCUT2D eigenvalue weighted by molar-refractivity contribution is 7.10. The summed E-state index contributed by atoms with van der Waals surface area (Å²) in [5.74, 6) is 5.91. The van der Waals surface area contributed by atoms with Gasteiger partial charge in [-0.3, -0.25) is 4.90 Å². The molecular formula is C15H21N3O2S. The fraction of sp³-hybridized carbons (Fsp3) is 0.533. The monoisotopic (exact) mass is 307 g/mol. The number of nitrogens with zero attached hydrogens (tertiary/aromatic N) is 2. The first kappa shape index (κ1) is 15.8. The zero-order valence-electron chi connectivity index (χ0n) is 12.3. The molecule has 0 bridgehead atoms. The Bertz CT molecular complexity index is 525. The molecule has 114 valence electrons. The minimum absolute atomic E-state index is 0.201. The van der Waals surface area contributed by atoms with Crippen molar-refractivity contribution in [2.24, 2.45) is 5.73 Å². The van der Waals surface area contributed by atoms with E-state index in [9.17, 15) is 4.79 Å². The fourth-order valence-electron chi connectivity index (χ4n) is 2.21. The van der Waals surface area contributed by atoms with Gasteiger partial charge in [-0.05, 0) is 13.0 Å². The van der Waals surface area contributed by atoms with E-state index in [1.807, 2.05) is 6.92 Å². The first-order valence-corrected chi connectivity index (χ1v) is 8.01. The first-order valence-electron chi connectivity index (χ1n) is 7.13. The van der Waals surface area contributed by atoms with Crippen molar-refractivity contribution < 1.29 is 9.53 Å². The maximum Gasteiger partial charge on any atom is 0.409 e. The third kappa shape index (κ3) is 4.74. The van der Waals surface area contributed by atoms with Crippen LogP contribution in [-0.2, 0) is 11.3 Å². The van der Waals surface area contributed by atoms with Crippen molar-refractivity contribution in [2.45, 2.75) is 13.5 Å². The number of carbonyl (C=O) groups is 1. The molecule has 0 radical (unpaired) electrons. The average Bonchev–Trinajstić information content (AvgIpc) is 2.93. The van der Waals surface area contributed by atoms with E-state index in [4.69, 9.17) is 10.5 Å². The molecule has 0 atom stereocenters. The zero-order chi connectivity index (χ0) is 15.1. The summed E-state index contributed by atoms with van der Waals surface area (Å²) in [5.41, 5.74) is 6.40. The van der Waals surface area contributed by atoms with Gasteiger partial charge in [0.25, 0.3) is 0 Å². The Balaban J connectivity index is 1.80. The van der Waals surface area contributed by atoms with Gasteiger partial charge in [-0.25, -0.2) is 4.79 Å². The maximum absolute atomic E-state index is 11.6. The van der Waals surface area contributed by atoms with Gasteiger partial charge in [0.05, 0.1) is 13.2 Å². The van der Waals surface area contributed by atoms with Gasteiger partial charge in [0.2, 0.25) is 0 Å².